The summed E-state index contributed by atoms with van der Waals surface area (Å²) in [6.45, 7) is 1.77. The Balaban J connectivity index is 1.33. The Labute approximate surface area is 296 Å². The van der Waals surface area contributed by atoms with E-state index in [4.69, 9.17) is 11.6 Å². The molecule has 0 heterocycles. The molecule has 0 saturated heterocycles. The molecule has 0 saturated carbocycles. The van der Waals surface area contributed by atoms with Crippen molar-refractivity contribution in [2.24, 2.45) is 0 Å². The van der Waals surface area contributed by atoms with E-state index in [9.17, 15) is 27.6 Å². The molecule has 0 fully saturated rings. The number of alkyl halides is 3. The summed E-state index contributed by atoms with van der Waals surface area (Å²) in [6.07, 6.45) is -2.66. The molecular weight excluding hydrogens is 683 g/mol. The smallest absolute Gasteiger partial charge is 0.324 e. The molecule has 0 aliphatic carbocycles. The average Bonchev–Trinajstić information content (AvgIpc) is 3.12. The highest BCUT2D eigenvalue weighted by molar-refractivity contribution is 8.00. The van der Waals surface area contributed by atoms with E-state index in [-0.39, 0.29) is 16.4 Å². The van der Waals surface area contributed by atoms with Crippen molar-refractivity contribution in [3.05, 3.63) is 155 Å². The molecule has 0 aliphatic heterocycles. The van der Waals surface area contributed by atoms with E-state index in [0.717, 1.165) is 29.3 Å². The van der Waals surface area contributed by atoms with Crippen LogP contribution >= 0.6 is 23.4 Å². The lowest BCUT2D eigenvalue weighted by Gasteiger charge is -2.17. The van der Waals surface area contributed by atoms with Gasteiger partial charge in [-0.3, -0.25) is 14.4 Å². The van der Waals surface area contributed by atoms with Gasteiger partial charge in [0.2, 0.25) is 5.91 Å². The van der Waals surface area contributed by atoms with Gasteiger partial charge in [0.15, 0.2) is 0 Å². The van der Waals surface area contributed by atoms with Gasteiger partial charge in [0.1, 0.15) is 5.70 Å². The zero-order valence-corrected chi connectivity index (χ0v) is 28.2. The summed E-state index contributed by atoms with van der Waals surface area (Å²) >= 11 is 7.26. The normalized spacial score (nSPS) is 12.1. The monoisotopic (exact) mass is 713 g/mol. The molecule has 5 aromatic rings. The number of anilines is 2. The summed E-state index contributed by atoms with van der Waals surface area (Å²) in [5, 5.41) is 7.36. The van der Waals surface area contributed by atoms with Crippen LogP contribution in [0.25, 0.3) is 17.2 Å². The number of nitrogens with one attached hydrogen (secondary N) is 3. The predicted octanol–water partition coefficient (Wildman–Crippen LogP) is 9.94. The van der Waals surface area contributed by atoms with Gasteiger partial charge in [-0.05, 0) is 77.7 Å². The SMILES string of the molecule is CCC(Sc1cccc(NC(=O)/C(=C\c2ccc(-c3ccccc3)cc2)NC(=O)c2ccccc2)c1)C(=O)Nc1cc(C(F)(F)F)ccc1Cl. The van der Waals surface area contributed by atoms with Crippen molar-refractivity contribution in [2.45, 2.75) is 29.7 Å². The molecule has 0 bridgehead atoms. The van der Waals surface area contributed by atoms with Crippen LogP contribution in [0.5, 0.6) is 0 Å². The number of hydrogen-bond acceptors (Lipinski definition) is 4. The second-order valence-electron chi connectivity index (χ2n) is 11.0. The van der Waals surface area contributed by atoms with Gasteiger partial charge in [0.05, 0.1) is 21.5 Å². The standard InChI is InChI=1S/C39H31ClF3N3O3S/c1-2-35(38(49)45-33-23-29(39(41,42)43)20-21-32(33)40)50-31-15-9-14-30(24-31)44-37(48)34(46-36(47)28-12-7-4-8-13-28)22-25-16-18-27(19-17-25)26-10-5-3-6-11-26/h3-24,35H,2H2,1H3,(H,44,48)(H,45,49)(H,46,47)/b34-22+. The predicted molar refractivity (Wildman–Crippen MR) is 194 cm³/mol. The van der Waals surface area contributed by atoms with Crippen molar-refractivity contribution in [1.29, 1.82) is 0 Å². The van der Waals surface area contributed by atoms with Crippen molar-refractivity contribution >= 4 is 58.5 Å². The minimum absolute atomic E-state index is 0.00755. The zero-order chi connectivity index (χ0) is 35.7. The molecule has 1 atom stereocenters. The Kier molecular flexibility index (Phi) is 11.8. The molecule has 50 heavy (non-hydrogen) atoms. The molecule has 0 aromatic heterocycles. The first-order valence-corrected chi connectivity index (χ1v) is 16.7. The molecule has 5 aromatic carbocycles. The fourth-order valence-electron chi connectivity index (χ4n) is 4.85. The van der Waals surface area contributed by atoms with Crippen LogP contribution in [0.15, 0.2) is 138 Å². The topological polar surface area (TPSA) is 87.3 Å². The lowest BCUT2D eigenvalue weighted by Crippen LogP contribution is -2.30. The summed E-state index contributed by atoms with van der Waals surface area (Å²) in [5.41, 5.74) is 2.43. The Bertz CT molecular complexity index is 2000. The average molecular weight is 714 g/mol. The highest BCUT2D eigenvalue weighted by Gasteiger charge is 2.31. The zero-order valence-electron chi connectivity index (χ0n) is 26.6. The molecule has 11 heteroatoms. The van der Waals surface area contributed by atoms with Gasteiger partial charge < -0.3 is 16.0 Å². The summed E-state index contributed by atoms with van der Waals surface area (Å²) < 4.78 is 39.7. The van der Waals surface area contributed by atoms with Crippen LogP contribution in [0, 0.1) is 0 Å². The molecule has 254 valence electrons. The summed E-state index contributed by atoms with van der Waals surface area (Å²) in [4.78, 5) is 40.5. The minimum atomic E-state index is -4.60. The van der Waals surface area contributed by atoms with E-state index in [1.807, 2.05) is 54.6 Å². The van der Waals surface area contributed by atoms with E-state index in [0.29, 0.717) is 28.1 Å². The fourth-order valence-corrected chi connectivity index (χ4v) is 6.03. The summed E-state index contributed by atoms with van der Waals surface area (Å²) in [7, 11) is 0. The number of hydrogen-bond donors (Lipinski definition) is 3. The van der Waals surface area contributed by atoms with E-state index in [1.165, 1.54) is 11.8 Å². The number of rotatable bonds is 11. The van der Waals surface area contributed by atoms with E-state index in [2.05, 4.69) is 16.0 Å². The molecule has 0 spiro atoms. The molecule has 6 nitrogen and oxygen atoms in total. The van der Waals surface area contributed by atoms with Gasteiger partial charge >= 0.3 is 6.18 Å². The molecule has 5 rings (SSSR count). The maximum Gasteiger partial charge on any atom is 0.416 e. The second-order valence-corrected chi connectivity index (χ2v) is 12.7. The van der Waals surface area contributed by atoms with Gasteiger partial charge in [-0.2, -0.15) is 13.2 Å². The van der Waals surface area contributed by atoms with Crippen molar-refractivity contribution in [3.8, 4) is 11.1 Å². The largest absolute Gasteiger partial charge is 0.416 e. The Morgan fingerprint density at radius 3 is 2.10 bits per heavy atom. The Morgan fingerprint density at radius 1 is 0.780 bits per heavy atom. The summed E-state index contributed by atoms with van der Waals surface area (Å²) in [6, 6.07) is 35.4. The third kappa shape index (κ3) is 9.64. The Morgan fingerprint density at radius 2 is 1.44 bits per heavy atom. The van der Waals surface area contributed by atoms with Crippen molar-refractivity contribution < 1.29 is 27.6 Å². The minimum Gasteiger partial charge on any atom is -0.324 e. The van der Waals surface area contributed by atoms with Crippen LogP contribution in [0.3, 0.4) is 0 Å². The molecular formula is C39H31ClF3N3O3S. The maximum absolute atomic E-state index is 13.6. The van der Waals surface area contributed by atoms with Crippen molar-refractivity contribution in [2.75, 3.05) is 10.6 Å². The number of halogens is 4. The lowest BCUT2D eigenvalue weighted by molar-refractivity contribution is -0.137. The fraction of sp³-hybridized carbons (Fsp3) is 0.103. The van der Waals surface area contributed by atoms with Crippen LogP contribution < -0.4 is 16.0 Å². The molecule has 3 amide bonds. The number of carbonyl (C=O) groups is 3. The van der Waals surface area contributed by atoms with Crippen molar-refractivity contribution in [3.63, 3.8) is 0 Å². The molecule has 3 N–H and O–H groups in total. The van der Waals surface area contributed by atoms with Crippen LogP contribution in [0.2, 0.25) is 5.02 Å². The van der Waals surface area contributed by atoms with Crippen LogP contribution in [-0.4, -0.2) is 23.0 Å². The first-order chi connectivity index (χ1) is 24.0. The second kappa shape index (κ2) is 16.4. The van der Waals surface area contributed by atoms with Crippen LogP contribution in [0.4, 0.5) is 24.5 Å². The number of amides is 3. The highest BCUT2D eigenvalue weighted by atomic mass is 35.5. The quantitative estimate of drug-likeness (QED) is 0.0940. The van der Waals surface area contributed by atoms with Gasteiger partial charge in [0, 0.05) is 16.1 Å². The number of carbonyl (C=O) groups excluding carboxylic acids is 3. The van der Waals surface area contributed by atoms with E-state index < -0.39 is 34.7 Å². The highest BCUT2D eigenvalue weighted by Crippen LogP contribution is 2.35. The number of thioether (sulfide) groups is 1. The maximum atomic E-state index is 13.6. The van der Waals surface area contributed by atoms with Crippen LogP contribution in [0.1, 0.15) is 34.8 Å². The molecule has 1 unspecified atom stereocenters. The van der Waals surface area contributed by atoms with Gasteiger partial charge in [-0.1, -0.05) is 97.4 Å². The lowest BCUT2D eigenvalue weighted by atomic mass is 10.0. The van der Waals surface area contributed by atoms with Gasteiger partial charge in [-0.15, -0.1) is 11.8 Å². The van der Waals surface area contributed by atoms with Gasteiger partial charge in [0.25, 0.3) is 11.8 Å². The summed E-state index contributed by atoms with van der Waals surface area (Å²) in [5.74, 6) is -1.57. The number of benzene rings is 5. The Hall–Kier alpha value is -5.32. The third-order valence-corrected chi connectivity index (χ3v) is 9.13. The van der Waals surface area contributed by atoms with Gasteiger partial charge in [-0.25, -0.2) is 0 Å². The van der Waals surface area contributed by atoms with Crippen LogP contribution in [-0.2, 0) is 15.8 Å². The van der Waals surface area contributed by atoms with E-state index >= 15 is 0 Å². The molecule has 0 aliphatic rings. The first-order valence-electron chi connectivity index (χ1n) is 15.5. The van der Waals surface area contributed by atoms with Crippen molar-refractivity contribution in [1.82, 2.24) is 5.32 Å². The first kappa shape index (κ1) is 36.0. The van der Waals surface area contributed by atoms with E-state index in [1.54, 1.807) is 67.6 Å². The molecule has 0 radical (unpaired) electrons. The third-order valence-electron chi connectivity index (χ3n) is 7.44.